The van der Waals surface area contributed by atoms with Gasteiger partial charge in [0.15, 0.2) is 9.84 Å². The van der Waals surface area contributed by atoms with Crippen LogP contribution in [-0.4, -0.2) is 39.2 Å². The summed E-state index contributed by atoms with van der Waals surface area (Å²) in [5.74, 6) is -0.234. The zero-order valence-electron chi connectivity index (χ0n) is 12.7. The predicted molar refractivity (Wildman–Crippen MR) is 89.4 cm³/mol. The summed E-state index contributed by atoms with van der Waals surface area (Å²) in [5, 5.41) is 6.18. The molecule has 0 spiro atoms. The first-order valence-corrected chi connectivity index (χ1v) is 9.03. The highest BCUT2D eigenvalue weighted by molar-refractivity contribution is 7.91. The van der Waals surface area contributed by atoms with E-state index in [0.29, 0.717) is 6.42 Å². The topological polar surface area (TPSA) is 75.3 Å². The average molecular weight is 347 g/mol. The van der Waals surface area contributed by atoms with Gasteiger partial charge in [-0.25, -0.2) is 8.42 Å². The standard InChI is InChI=1S/C15H22N2O3S.ClH/c1-2-11-21(19,20)14-6-4-3-5-13(14)15(18)17-12-7-9-16-10-8-12;/h3-6,12,16H,2,7-11H2,1H3,(H,17,18);1H. The van der Waals surface area contributed by atoms with Gasteiger partial charge in [-0.3, -0.25) is 4.79 Å². The normalized spacial score (nSPS) is 15.9. The number of hydrogen-bond donors (Lipinski definition) is 2. The summed E-state index contributed by atoms with van der Waals surface area (Å²) in [5.41, 5.74) is 0.254. The van der Waals surface area contributed by atoms with Crippen LogP contribution in [-0.2, 0) is 9.84 Å². The van der Waals surface area contributed by atoms with Gasteiger partial charge in [-0.2, -0.15) is 0 Å². The highest BCUT2D eigenvalue weighted by Gasteiger charge is 2.23. The Morgan fingerprint density at radius 1 is 1.27 bits per heavy atom. The third kappa shape index (κ3) is 4.69. The van der Waals surface area contributed by atoms with Crippen LogP contribution in [0.5, 0.6) is 0 Å². The fourth-order valence-electron chi connectivity index (χ4n) is 2.53. The number of piperidine rings is 1. The highest BCUT2D eigenvalue weighted by atomic mass is 35.5. The van der Waals surface area contributed by atoms with E-state index in [1.807, 2.05) is 6.92 Å². The molecule has 1 amide bonds. The molecule has 0 saturated carbocycles. The lowest BCUT2D eigenvalue weighted by Crippen LogP contribution is -2.43. The Kier molecular flexibility index (Phi) is 7.32. The second-order valence-corrected chi connectivity index (χ2v) is 7.39. The number of carbonyl (C=O) groups excluding carboxylic acids is 1. The van der Waals surface area contributed by atoms with Gasteiger partial charge in [-0.05, 0) is 44.5 Å². The SMILES string of the molecule is CCCS(=O)(=O)c1ccccc1C(=O)NC1CCNCC1.Cl. The minimum Gasteiger partial charge on any atom is -0.349 e. The summed E-state index contributed by atoms with van der Waals surface area (Å²) >= 11 is 0. The van der Waals surface area contributed by atoms with Crippen molar-refractivity contribution in [1.82, 2.24) is 10.6 Å². The van der Waals surface area contributed by atoms with E-state index in [2.05, 4.69) is 10.6 Å². The van der Waals surface area contributed by atoms with Crippen LogP contribution in [0.3, 0.4) is 0 Å². The minimum atomic E-state index is -3.40. The number of sulfone groups is 1. The fourth-order valence-corrected chi connectivity index (χ4v) is 4.07. The van der Waals surface area contributed by atoms with Crippen molar-refractivity contribution < 1.29 is 13.2 Å². The number of hydrogen-bond acceptors (Lipinski definition) is 4. The molecule has 0 atom stereocenters. The number of carbonyl (C=O) groups is 1. The maximum Gasteiger partial charge on any atom is 0.252 e. The van der Waals surface area contributed by atoms with Gasteiger partial charge in [0.05, 0.1) is 16.2 Å². The van der Waals surface area contributed by atoms with E-state index in [-0.39, 0.29) is 40.6 Å². The Morgan fingerprint density at radius 3 is 2.55 bits per heavy atom. The number of nitrogens with one attached hydrogen (secondary N) is 2. The summed E-state index contributed by atoms with van der Waals surface area (Å²) in [6.45, 7) is 3.57. The van der Waals surface area contributed by atoms with Crippen LogP contribution in [0.1, 0.15) is 36.5 Å². The summed E-state index contributed by atoms with van der Waals surface area (Å²) in [6.07, 6.45) is 2.28. The molecule has 0 aromatic heterocycles. The van der Waals surface area contributed by atoms with Crippen molar-refractivity contribution in [1.29, 1.82) is 0 Å². The van der Waals surface area contributed by atoms with E-state index in [1.54, 1.807) is 18.2 Å². The highest BCUT2D eigenvalue weighted by Crippen LogP contribution is 2.18. The molecular formula is C15H23ClN2O3S. The lowest BCUT2D eigenvalue weighted by molar-refractivity contribution is 0.0926. The molecule has 1 saturated heterocycles. The first-order valence-electron chi connectivity index (χ1n) is 7.38. The molecule has 1 aromatic rings. The molecule has 22 heavy (non-hydrogen) atoms. The van der Waals surface area contributed by atoms with Gasteiger partial charge < -0.3 is 10.6 Å². The summed E-state index contributed by atoms with van der Waals surface area (Å²) in [7, 11) is -3.40. The number of halogens is 1. The van der Waals surface area contributed by atoms with Crippen molar-refractivity contribution in [2.45, 2.75) is 37.1 Å². The summed E-state index contributed by atoms with van der Waals surface area (Å²) in [4.78, 5) is 12.5. The minimum absolute atomic E-state index is 0. The molecule has 0 radical (unpaired) electrons. The summed E-state index contributed by atoms with van der Waals surface area (Å²) < 4.78 is 24.5. The second-order valence-electron chi connectivity index (χ2n) is 5.31. The Morgan fingerprint density at radius 2 is 1.91 bits per heavy atom. The third-order valence-corrected chi connectivity index (χ3v) is 5.59. The monoisotopic (exact) mass is 346 g/mol. The van der Waals surface area contributed by atoms with E-state index in [4.69, 9.17) is 0 Å². The molecule has 124 valence electrons. The van der Waals surface area contributed by atoms with E-state index in [9.17, 15) is 13.2 Å². The first-order chi connectivity index (χ1) is 10.0. The third-order valence-electron chi connectivity index (χ3n) is 3.61. The van der Waals surface area contributed by atoms with Gasteiger partial charge in [0, 0.05) is 6.04 Å². The quantitative estimate of drug-likeness (QED) is 0.852. The van der Waals surface area contributed by atoms with Crippen LogP contribution >= 0.6 is 12.4 Å². The molecule has 0 bridgehead atoms. The van der Waals surface area contributed by atoms with Gasteiger partial charge in [0.2, 0.25) is 0 Å². The second kappa shape index (κ2) is 8.50. The Labute approximate surface area is 138 Å². The van der Waals surface area contributed by atoms with Crippen LogP contribution in [0.4, 0.5) is 0 Å². The molecule has 2 N–H and O–H groups in total. The zero-order valence-corrected chi connectivity index (χ0v) is 14.3. The molecule has 0 unspecified atom stereocenters. The molecule has 1 aliphatic heterocycles. The fraction of sp³-hybridized carbons (Fsp3) is 0.533. The summed E-state index contributed by atoms with van der Waals surface area (Å²) in [6, 6.07) is 6.56. The van der Waals surface area contributed by atoms with Crippen molar-refractivity contribution in [3.8, 4) is 0 Å². The molecule has 1 aliphatic rings. The van der Waals surface area contributed by atoms with Gasteiger partial charge >= 0.3 is 0 Å². The van der Waals surface area contributed by atoms with Crippen molar-refractivity contribution >= 4 is 28.2 Å². The van der Waals surface area contributed by atoms with Gasteiger partial charge in [-0.15, -0.1) is 12.4 Å². The molecule has 1 fully saturated rings. The molecular weight excluding hydrogens is 324 g/mol. The number of amides is 1. The zero-order chi connectivity index (χ0) is 15.3. The molecule has 1 heterocycles. The van der Waals surface area contributed by atoms with Gasteiger partial charge in [-0.1, -0.05) is 19.1 Å². The smallest absolute Gasteiger partial charge is 0.252 e. The lowest BCUT2D eigenvalue weighted by atomic mass is 10.1. The molecule has 5 nitrogen and oxygen atoms in total. The van der Waals surface area contributed by atoms with E-state index in [0.717, 1.165) is 25.9 Å². The van der Waals surface area contributed by atoms with Crippen LogP contribution < -0.4 is 10.6 Å². The molecule has 2 rings (SSSR count). The van der Waals surface area contributed by atoms with Crippen molar-refractivity contribution in [2.24, 2.45) is 0 Å². The average Bonchev–Trinajstić information content (AvgIpc) is 2.48. The van der Waals surface area contributed by atoms with Crippen molar-refractivity contribution in [3.63, 3.8) is 0 Å². The van der Waals surface area contributed by atoms with E-state index < -0.39 is 9.84 Å². The van der Waals surface area contributed by atoms with Crippen molar-refractivity contribution in [3.05, 3.63) is 29.8 Å². The van der Waals surface area contributed by atoms with Gasteiger partial charge in [0.1, 0.15) is 0 Å². The predicted octanol–water partition coefficient (Wildman–Crippen LogP) is 1.77. The van der Waals surface area contributed by atoms with Crippen LogP contribution in [0.25, 0.3) is 0 Å². The van der Waals surface area contributed by atoms with Crippen molar-refractivity contribution in [2.75, 3.05) is 18.8 Å². The first kappa shape index (κ1) is 18.9. The Hall–Kier alpha value is -1.11. The Balaban J connectivity index is 0.00000242. The largest absolute Gasteiger partial charge is 0.349 e. The molecule has 1 aromatic carbocycles. The van der Waals surface area contributed by atoms with E-state index >= 15 is 0 Å². The maximum absolute atomic E-state index is 12.4. The van der Waals surface area contributed by atoms with Crippen LogP contribution in [0.15, 0.2) is 29.2 Å². The van der Waals surface area contributed by atoms with Gasteiger partial charge in [0.25, 0.3) is 5.91 Å². The van der Waals surface area contributed by atoms with Crippen LogP contribution in [0.2, 0.25) is 0 Å². The number of benzene rings is 1. The lowest BCUT2D eigenvalue weighted by Gasteiger charge is -2.24. The maximum atomic E-state index is 12.4. The van der Waals surface area contributed by atoms with Crippen LogP contribution in [0, 0.1) is 0 Å². The number of rotatable bonds is 5. The molecule has 7 heteroatoms. The molecule has 0 aliphatic carbocycles. The van der Waals surface area contributed by atoms with E-state index in [1.165, 1.54) is 6.07 Å². The Bertz CT molecular complexity index is 599.